The standard InChI is InChI=1S/C15H14BrNO/c16-14-9-5-4-8-13(14)15-10-11-17(18-15)12-6-2-1-3-7-12/h1-9,15H,10-11H2. The molecule has 1 aliphatic rings. The Labute approximate surface area is 115 Å². The third-order valence-electron chi connectivity index (χ3n) is 3.15. The minimum absolute atomic E-state index is 0.140. The summed E-state index contributed by atoms with van der Waals surface area (Å²) in [6.45, 7) is 0.927. The number of benzene rings is 2. The minimum Gasteiger partial charge on any atom is -0.265 e. The molecule has 0 saturated carbocycles. The summed E-state index contributed by atoms with van der Waals surface area (Å²) in [7, 11) is 0. The summed E-state index contributed by atoms with van der Waals surface area (Å²) in [5.74, 6) is 0. The van der Waals surface area contributed by atoms with E-state index in [0.717, 1.165) is 23.1 Å². The van der Waals surface area contributed by atoms with Gasteiger partial charge in [-0.15, -0.1) is 0 Å². The Morgan fingerprint density at radius 1 is 1.00 bits per heavy atom. The summed E-state index contributed by atoms with van der Waals surface area (Å²) in [5.41, 5.74) is 2.34. The molecule has 92 valence electrons. The lowest BCUT2D eigenvalue weighted by Crippen LogP contribution is -2.16. The molecule has 2 nitrogen and oxygen atoms in total. The molecular formula is C15H14BrNO. The van der Waals surface area contributed by atoms with Gasteiger partial charge >= 0.3 is 0 Å². The minimum atomic E-state index is 0.140. The van der Waals surface area contributed by atoms with Gasteiger partial charge < -0.3 is 0 Å². The first-order valence-corrected chi connectivity index (χ1v) is 6.88. The molecule has 1 heterocycles. The molecule has 2 aromatic carbocycles. The van der Waals surface area contributed by atoms with E-state index < -0.39 is 0 Å². The van der Waals surface area contributed by atoms with Crippen LogP contribution in [0.25, 0.3) is 0 Å². The van der Waals surface area contributed by atoms with Crippen LogP contribution in [0.5, 0.6) is 0 Å². The van der Waals surface area contributed by atoms with Gasteiger partial charge in [0.05, 0.1) is 5.69 Å². The smallest absolute Gasteiger partial charge is 0.113 e. The predicted octanol–water partition coefficient (Wildman–Crippen LogP) is 4.33. The maximum atomic E-state index is 6.02. The zero-order chi connectivity index (χ0) is 12.4. The summed E-state index contributed by atoms with van der Waals surface area (Å²) < 4.78 is 1.12. The first-order chi connectivity index (χ1) is 8.84. The molecule has 1 atom stereocenters. The number of hydrogen-bond acceptors (Lipinski definition) is 2. The number of nitrogens with zero attached hydrogens (tertiary/aromatic N) is 1. The van der Waals surface area contributed by atoms with Gasteiger partial charge in [-0.05, 0) is 23.8 Å². The van der Waals surface area contributed by atoms with Gasteiger partial charge in [0.1, 0.15) is 6.10 Å². The van der Waals surface area contributed by atoms with Crippen LogP contribution in [0, 0.1) is 0 Å². The predicted molar refractivity (Wildman–Crippen MR) is 76.4 cm³/mol. The molecule has 1 saturated heterocycles. The molecule has 0 aromatic heterocycles. The van der Waals surface area contributed by atoms with Gasteiger partial charge in [-0.25, -0.2) is 0 Å². The highest BCUT2D eigenvalue weighted by atomic mass is 79.9. The van der Waals surface area contributed by atoms with Gasteiger partial charge in [0.25, 0.3) is 0 Å². The molecule has 1 unspecified atom stereocenters. The quantitative estimate of drug-likeness (QED) is 0.818. The normalized spacial score (nSPS) is 19.2. The van der Waals surface area contributed by atoms with Crippen LogP contribution in [-0.2, 0) is 4.84 Å². The highest BCUT2D eigenvalue weighted by molar-refractivity contribution is 9.10. The van der Waals surface area contributed by atoms with Crippen LogP contribution >= 0.6 is 15.9 Å². The monoisotopic (exact) mass is 303 g/mol. The fourth-order valence-electron chi connectivity index (χ4n) is 2.23. The Bertz CT molecular complexity index is 529. The molecule has 0 aliphatic carbocycles. The highest BCUT2D eigenvalue weighted by Gasteiger charge is 2.26. The van der Waals surface area contributed by atoms with Crippen molar-refractivity contribution in [3.8, 4) is 0 Å². The van der Waals surface area contributed by atoms with Crippen molar-refractivity contribution < 1.29 is 4.84 Å². The number of halogens is 1. The molecule has 0 spiro atoms. The highest BCUT2D eigenvalue weighted by Crippen LogP contribution is 2.35. The Hall–Kier alpha value is -1.32. The number of hydrogen-bond donors (Lipinski definition) is 0. The van der Waals surface area contributed by atoms with E-state index in [1.807, 2.05) is 29.3 Å². The maximum Gasteiger partial charge on any atom is 0.113 e. The molecule has 1 aliphatic heterocycles. The van der Waals surface area contributed by atoms with Crippen molar-refractivity contribution in [2.24, 2.45) is 0 Å². The van der Waals surface area contributed by atoms with Crippen LogP contribution < -0.4 is 5.06 Å². The van der Waals surface area contributed by atoms with E-state index in [2.05, 4.69) is 46.3 Å². The lowest BCUT2D eigenvalue weighted by Gasteiger charge is -2.18. The molecule has 18 heavy (non-hydrogen) atoms. The van der Waals surface area contributed by atoms with Crippen molar-refractivity contribution >= 4 is 21.6 Å². The van der Waals surface area contributed by atoms with E-state index in [0.29, 0.717) is 0 Å². The second kappa shape index (κ2) is 5.12. The lowest BCUT2D eigenvalue weighted by molar-refractivity contribution is 0.0874. The van der Waals surface area contributed by atoms with Crippen molar-refractivity contribution in [3.63, 3.8) is 0 Å². The van der Waals surface area contributed by atoms with Crippen LogP contribution in [0.3, 0.4) is 0 Å². The largest absolute Gasteiger partial charge is 0.265 e. The second-order valence-electron chi connectivity index (χ2n) is 4.34. The van der Waals surface area contributed by atoms with Gasteiger partial charge in [0.15, 0.2) is 0 Å². The zero-order valence-electron chi connectivity index (χ0n) is 9.92. The SMILES string of the molecule is Brc1ccccc1C1CCN(c2ccccc2)O1. The Kier molecular flexibility index (Phi) is 3.35. The third-order valence-corrected chi connectivity index (χ3v) is 3.87. The van der Waals surface area contributed by atoms with Gasteiger partial charge in [-0.2, -0.15) is 0 Å². The van der Waals surface area contributed by atoms with Crippen molar-refractivity contribution in [3.05, 3.63) is 64.6 Å². The fraction of sp³-hybridized carbons (Fsp3) is 0.200. The van der Waals surface area contributed by atoms with E-state index in [1.54, 1.807) is 0 Å². The van der Waals surface area contributed by atoms with E-state index in [4.69, 9.17) is 4.84 Å². The molecule has 0 N–H and O–H groups in total. The summed E-state index contributed by atoms with van der Waals surface area (Å²) >= 11 is 3.58. The van der Waals surface area contributed by atoms with Crippen molar-refractivity contribution in [2.75, 3.05) is 11.6 Å². The van der Waals surface area contributed by atoms with Crippen LogP contribution in [0.15, 0.2) is 59.1 Å². The number of hydroxylamine groups is 1. The Morgan fingerprint density at radius 2 is 1.72 bits per heavy atom. The van der Waals surface area contributed by atoms with Crippen molar-refractivity contribution in [1.82, 2.24) is 0 Å². The molecule has 0 bridgehead atoms. The van der Waals surface area contributed by atoms with Crippen LogP contribution in [-0.4, -0.2) is 6.54 Å². The average molecular weight is 304 g/mol. The molecule has 2 aromatic rings. The molecular weight excluding hydrogens is 290 g/mol. The molecule has 3 heteroatoms. The summed E-state index contributed by atoms with van der Waals surface area (Å²) in [6.07, 6.45) is 1.15. The molecule has 3 rings (SSSR count). The van der Waals surface area contributed by atoms with E-state index in [1.165, 1.54) is 5.56 Å². The van der Waals surface area contributed by atoms with E-state index in [-0.39, 0.29) is 6.10 Å². The summed E-state index contributed by atoms with van der Waals surface area (Å²) in [4.78, 5) is 6.02. The molecule has 0 radical (unpaired) electrons. The van der Waals surface area contributed by atoms with Crippen molar-refractivity contribution in [2.45, 2.75) is 12.5 Å². The lowest BCUT2D eigenvalue weighted by atomic mass is 10.1. The fourth-order valence-corrected chi connectivity index (χ4v) is 2.77. The van der Waals surface area contributed by atoms with Gasteiger partial charge in [-0.3, -0.25) is 9.90 Å². The maximum absolute atomic E-state index is 6.02. The van der Waals surface area contributed by atoms with Gasteiger partial charge in [0, 0.05) is 17.4 Å². The molecule has 1 fully saturated rings. The second-order valence-corrected chi connectivity index (χ2v) is 5.20. The van der Waals surface area contributed by atoms with Crippen LogP contribution in [0.2, 0.25) is 0 Å². The van der Waals surface area contributed by atoms with Crippen molar-refractivity contribution in [1.29, 1.82) is 0 Å². The number of rotatable bonds is 2. The summed E-state index contributed by atoms with van der Waals surface area (Å²) in [6, 6.07) is 18.5. The third kappa shape index (κ3) is 2.28. The van der Waals surface area contributed by atoms with E-state index >= 15 is 0 Å². The van der Waals surface area contributed by atoms with Crippen LogP contribution in [0.4, 0.5) is 5.69 Å². The van der Waals surface area contributed by atoms with E-state index in [9.17, 15) is 0 Å². The zero-order valence-corrected chi connectivity index (χ0v) is 11.5. The number of anilines is 1. The average Bonchev–Trinajstić information content (AvgIpc) is 2.90. The van der Waals surface area contributed by atoms with Gasteiger partial charge in [0.2, 0.25) is 0 Å². The van der Waals surface area contributed by atoms with Gasteiger partial charge in [-0.1, -0.05) is 52.3 Å². The summed E-state index contributed by atoms with van der Waals surface area (Å²) in [5, 5.41) is 1.98. The first-order valence-electron chi connectivity index (χ1n) is 6.08. The molecule has 0 amide bonds. The number of para-hydroxylation sites is 1. The topological polar surface area (TPSA) is 12.5 Å². The van der Waals surface area contributed by atoms with Crippen LogP contribution in [0.1, 0.15) is 18.1 Å². The Balaban J connectivity index is 1.78. The Morgan fingerprint density at radius 3 is 2.50 bits per heavy atom. The first kappa shape index (κ1) is 11.8.